The number of ether oxygens (including phenoxy) is 3. The minimum absolute atomic E-state index is 0.275. The van der Waals surface area contributed by atoms with Gasteiger partial charge in [-0.1, -0.05) is 24.3 Å². The lowest BCUT2D eigenvalue weighted by atomic mass is 9.58. The molecule has 0 radical (unpaired) electrons. The van der Waals surface area contributed by atoms with Crippen LogP contribution in [0.1, 0.15) is 18.1 Å². The van der Waals surface area contributed by atoms with Gasteiger partial charge in [-0.2, -0.15) is 0 Å². The Hall–Kier alpha value is -3.06. The molecule has 2 fully saturated rings. The number of nitrogens with zero attached hydrogens (tertiary/aromatic N) is 2. The van der Waals surface area contributed by atoms with E-state index in [1.165, 1.54) is 16.8 Å². The third-order valence-corrected chi connectivity index (χ3v) is 6.20. The fraction of sp³-hybridized carbons (Fsp3) is 0.364. The standard InChI is InChI=1S/C22H24N2O5/c1-21-18(25)23(2)20(26)24(3)19(21)29-22(21,14-6-10-16(27-4)11-7-14)15-8-12-17(28-5)13-9-15/h6-13,19H,1-5H3/t19-,21-/m0/s1. The molecule has 0 spiro atoms. The number of hydrogen-bond acceptors (Lipinski definition) is 5. The van der Waals surface area contributed by atoms with Gasteiger partial charge in [-0.3, -0.25) is 9.69 Å². The quantitative estimate of drug-likeness (QED) is 0.795. The van der Waals surface area contributed by atoms with Crippen molar-refractivity contribution in [1.29, 1.82) is 0 Å². The Kier molecular flexibility index (Phi) is 4.31. The molecular weight excluding hydrogens is 372 g/mol. The molecule has 0 bridgehead atoms. The summed E-state index contributed by atoms with van der Waals surface area (Å²) in [5, 5.41) is 0. The summed E-state index contributed by atoms with van der Waals surface area (Å²) in [6.45, 7) is 1.86. The number of amides is 3. The summed E-state index contributed by atoms with van der Waals surface area (Å²) in [6, 6.07) is 14.6. The zero-order chi connectivity index (χ0) is 21.0. The van der Waals surface area contributed by atoms with Crippen molar-refractivity contribution >= 4 is 11.9 Å². The van der Waals surface area contributed by atoms with Gasteiger partial charge in [0.15, 0.2) is 6.23 Å². The Morgan fingerprint density at radius 3 is 1.72 bits per heavy atom. The molecule has 2 heterocycles. The van der Waals surface area contributed by atoms with Crippen LogP contribution in [-0.4, -0.2) is 56.3 Å². The molecule has 0 saturated carbocycles. The third-order valence-electron chi connectivity index (χ3n) is 6.20. The Morgan fingerprint density at radius 2 is 1.31 bits per heavy atom. The van der Waals surface area contributed by atoms with Crippen LogP contribution in [0.2, 0.25) is 0 Å². The molecule has 0 aromatic heterocycles. The number of imide groups is 1. The molecule has 2 atom stereocenters. The fourth-order valence-corrected chi connectivity index (χ4v) is 4.57. The van der Waals surface area contributed by atoms with E-state index < -0.39 is 17.2 Å². The molecule has 152 valence electrons. The Morgan fingerprint density at radius 1 is 0.862 bits per heavy atom. The summed E-state index contributed by atoms with van der Waals surface area (Å²) in [5.74, 6) is 1.14. The second kappa shape index (κ2) is 6.49. The van der Waals surface area contributed by atoms with Crippen LogP contribution in [0.25, 0.3) is 0 Å². The molecule has 2 aliphatic heterocycles. The van der Waals surface area contributed by atoms with Gasteiger partial charge in [-0.05, 0) is 42.3 Å². The highest BCUT2D eigenvalue weighted by Gasteiger charge is 2.75. The number of methoxy groups -OCH3 is 2. The summed E-state index contributed by atoms with van der Waals surface area (Å²) < 4.78 is 17.0. The van der Waals surface area contributed by atoms with Crippen molar-refractivity contribution < 1.29 is 23.8 Å². The minimum Gasteiger partial charge on any atom is -0.497 e. The normalized spacial score (nSPS) is 25.3. The maximum absolute atomic E-state index is 13.4. The summed E-state index contributed by atoms with van der Waals surface area (Å²) in [5.41, 5.74) is -0.442. The van der Waals surface area contributed by atoms with Crippen LogP contribution < -0.4 is 9.47 Å². The summed E-state index contributed by atoms with van der Waals surface area (Å²) in [4.78, 5) is 28.5. The van der Waals surface area contributed by atoms with E-state index in [0.717, 1.165) is 11.1 Å². The average Bonchev–Trinajstić information content (AvgIpc) is 2.76. The molecule has 4 rings (SSSR count). The second-order valence-electron chi connectivity index (χ2n) is 7.57. The van der Waals surface area contributed by atoms with Crippen LogP contribution in [0, 0.1) is 5.41 Å². The second-order valence-corrected chi connectivity index (χ2v) is 7.57. The number of carbonyl (C=O) groups is 2. The maximum atomic E-state index is 13.4. The highest BCUT2D eigenvalue weighted by molar-refractivity contribution is 6.02. The first-order chi connectivity index (χ1) is 13.8. The van der Waals surface area contributed by atoms with Crippen molar-refractivity contribution in [3.63, 3.8) is 0 Å². The van der Waals surface area contributed by atoms with Crippen LogP contribution in [0.15, 0.2) is 48.5 Å². The zero-order valence-corrected chi connectivity index (χ0v) is 17.1. The molecule has 0 aliphatic carbocycles. The summed E-state index contributed by atoms with van der Waals surface area (Å²) in [7, 11) is 6.37. The predicted molar refractivity (Wildman–Crippen MR) is 106 cm³/mol. The molecule has 2 aliphatic rings. The van der Waals surface area contributed by atoms with Gasteiger partial charge in [0.05, 0.1) is 14.2 Å². The van der Waals surface area contributed by atoms with Gasteiger partial charge in [0.25, 0.3) is 0 Å². The fourth-order valence-electron chi connectivity index (χ4n) is 4.57. The van der Waals surface area contributed by atoms with Gasteiger partial charge in [0.2, 0.25) is 5.91 Å². The van der Waals surface area contributed by atoms with Crippen molar-refractivity contribution in [2.45, 2.75) is 18.8 Å². The zero-order valence-electron chi connectivity index (χ0n) is 17.1. The van der Waals surface area contributed by atoms with E-state index in [2.05, 4.69) is 0 Å². The number of rotatable bonds is 4. The number of urea groups is 1. The van der Waals surface area contributed by atoms with E-state index in [1.54, 1.807) is 21.3 Å². The predicted octanol–water partition coefficient (Wildman–Crippen LogP) is 2.83. The van der Waals surface area contributed by atoms with E-state index >= 15 is 0 Å². The van der Waals surface area contributed by atoms with Crippen LogP contribution >= 0.6 is 0 Å². The molecule has 29 heavy (non-hydrogen) atoms. The molecule has 7 heteroatoms. The van der Waals surface area contributed by atoms with Gasteiger partial charge < -0.3 is 19.1 Å². The highest BCUT2D eigenvalue weighted by atomic mass is 16.6. The van der Waals surface area contributed by atoms with Crippen molar-refractivity contribution in [1.82, 2.24) is 9.80 Å². The van der Waals surface area contributed by atoms with E-state index in [4.69, 9.17) is 14.2 Å². The number of carbonyl (C=O) groups excluding carboxylic acids is 2. The first-order valence-corrected chi connectivity index (χ1v) is 9.33. The van der Waals surface area contributed by atoms with E-state index in [-0.39, 0.29) is 11.9 Å². The van der Waals surface area contributed by atoms with E-state index in [1.807, 2.05) is 55.5 Å². The Labute approximate surface area is 169 Å². The van der Waals surface area contributed by atoms with Gasteiger partial charge in [-0.25, -0.2) is 4.79 Å². The van der Waals surface area contributed by atoms with Crippen LogP contribution in [0.5, 0.6) is 11.5 Å². The molecular formula is C22H24N2O5. The smallest absolute Gasteiger partial charge is 0.328 e. The molecule has 2 saturated heterocycles. The monoisotopic (exact) mass is 396 g/mol. The van der Waals surface area contributed by atoms with Crippen molar-refractivity contribution in [3.8, 4) is 11.5 Å². The topological polar surface area (TPSA) is 68.3 Å². The first kappa shape index (κ1) is 19.3. The highest BCUT2D eigenvalue weighted by Crippen LogP contribution is 2.62. The number of hydrogen-bond donors (Lipinski definition) is 0. The van der Waals surface area contributed by atoms with Crippen molar-refractivity contribution in [3.05, 3.63) is 59.7 Å². The average molecular weight is 396 g/mol. The van der Waals surface area contributed by atoms with Gasteiger partial charge in [0.1, 0.15) is 22.5 Å². The van der Waals surface area contributed by atoms with Crippen molar-refractivity contribution in [2.24, 2.45) is 5.41 Å². The summed E-state index contributed by atoms with van der Waals surface area (Å²) >= 11 is 0. The lowest BCUT2D eigenvalue weighted by Crippen LogP contribution is -2.80. The minimum atomic E-state index is -1.06. The number of benzene rings is 2. The molecule has 3 amide bonds. The van der Waals surface area contributed by atoms with Crippen LogP contribution in [0.3, 0.4) is 0 Å². The molecule has 2 aromatic rings. The van der Waals surface area contributed by atoms with Gasteiger partial charge in [-0.15, -0.1) is 0 Å². The SMILES string of the molecule is COc1ccc(C2(c3ccc(OC)cc3)O[C@@H]3N(C)C(=O)N(C)C(=O)[C@@]32C)cc1. The lowest BCUT2D eigenvalue weighted by Gasteiger charge is -2.65. The van der Waals surface area contributed by atoms with Crippen LogP contribution in [-0.2, 0) is 15.1 Å². The molecule has 7 nitrogen and oxygen atoms in total. The Balaban J connectivity index is 1.92. The first-order valence-electron chi connectivity index (χ1n) is 9.33. The summed E-state index contributed by atoms with van der Waals surface area (Å²) in [6.07, 6.45) is -0.664. The molecule has 0 N–H and O–H groups in total. The van der Waals surface area contributed by atoms with Gasteiger partial charge >= 0.3 is 6.03 Å². The van der Waals surface area contributed by atoms with Crippen LogP contribution in [0.4, 0.5) is 4.79 Å². The maximum Gasteiger partial charge on any atom is 0.328 e. The van der Waals surface area contributed by atoms with Crippen molar-refractivity contribution in [2.75, 3.05) is 28.3 Å². The van der Waals surface area contributed by atoms with E-state index in [9.17, 15) is 9.59 Å². The third kappa shape index (κ3) is 2.34. The van der Waals surface area contributed by atoms with Gasteiger partial charge in [0, 0.05) is 14.1 Å². The molecule has 0 unspecified atom stereocenters. The molecule has 2 aromatic carbocycles. The lowest BCUT2D eigenvalue weighted by molar-refractivity contribution is -0.332. The van der Waals surface area contributed by atoms with E-state index in [0.29, 0.717) is 11.5 Å². The largest absolute Gasteiger partial charge is 0.497 e. The number of fused-ring (bicyclic) bond motifs is 1. The Bertz CT molecular complexity index is 909.